The number of allylic oxidation sites excluding steroid dienone is 4. The van der Waals surface area contributed by atoms with Gasteiger partial charge in [-0.15, -0.1) is 0 Å². The summed E-state index contributed by atoms with van der Waals surface area (Å²) in [5.41, 5.74) is 0. The third kappa shape index (κ3) is 5.28. The van der Waals surface area contributed by atoms with E-state index in [0.717, 1.165) is 3.58 Å². The Morgan fingerprint density at radius 3 is 2.40 bits per heavy atom. The summed E-state index contributed by atoms with van der Waals surface area (Å²) < 4.78 is 2.32. The molecule has 0 spiro atoms. The minimum absolute atomic E-state index is 1.15. The molecular formula is C7H9I2N. The van der Waals surface area contributed by atoms with Crippen LogP contribution in [0.3, 0.4) is 0 Å². The molecule has 0 fully saturated rings. The first-order valence-corrected chi connectivity index (χ1v) is 4.89. The zero-order valence-corrected chi connectivity index (χ0v) is 10.0. The van der Waals surface area contributed by atoms with Crippen molar-refractivity contribution in [1.82, 2.24) is 5.32 Å². The first-order chi connectivity index (χ1) is 4.70. The molecule has 0 saturated carbocycles. The molecule has 0 amide bonds. The van der Waals surface area contributed by atoms with Crippen LogP contribution in [0.25, 0.3) is 0 Å². The minimum Gasteiger partial charge on any atom is -0.393 e. The summed E-state index contributed by atoms with van der Waals surface area (Å²) in [4.78, 5) is 0. The van der Waals surface area contributed by atoms with Crippen molar-refractivity contribution < 1.29 is 0 Å². The van der Waals surface area contributed by atoms with Gasteiger partial charge in [-0.3, -0.25) is 0 Å². The topological polar surface area (TPSA) is 12.0 Å². The molecule has 0 aromatic rings. The van der Waals surface area contributed by atoms with Crippen LogP contribution in [0.1, 0.15) is 0 Å². The van der Waals surface area contributed by atoms with Gasteiger partial charge in [0.2, 0.25) is 0 Å². The van der Waals surface area contributed by atoms with Crippen molar-refractivity contribution in [2.75, 3.05) is 7.05 Å². The fourth-order valence-corrected chi connectivity index (χ4v) is 1.95. The molecule has 0 bridgehead atoms. The van der Waals surface area contributed by atoms with Gasteiger partial charge in [-0.1, -0.05) is 12.7 Å². The molecule has 0 heterocycles. The highest BCUT2D eigenvalue weighted by atomic mass is 127. The van der Waals surface area contributed by atoms with Gasteiger partial charge in [0.05, 0.1) is 0 Å². The van der Waals surface area contributed by atoms with Gasteiger partial charge in [-0.05, 0) is 51.3 Å². The molecule has 0 aliphatic heterocycles. The second-order valence-electron chi connectivity index (χ2n) is 1.55. The molecule has 1 nitrogen and oxygen atoms in total. The molecule has 10 heavy (non-hydrogen) atoms. The van der Waals surface area contributed by atoms with E-state index in [0.29, 0.717) is 0 Å². The average molecular weight is 361 g/mol. The van der Waals surface area contributed by atoms with Crippen LogP contribution in [-0.2, 0) is 0 Å². The first kappa shape index (κ1) is 10.5. The molecule has 0 rings (SSSR count). The normalized spacial score (nSPS) is 13.1. The first-order valence-electron chi connectivity index (χ1n) is 2.73. The van der Waals surface area contributed by atoms with Crippen molar-refractivity contribution in [3.63, 3.8) is 0 Å². The standard InChI is InChI=1S/C7H9I2N/c1-3-6(8)4-7(9)5-10-2/h3-5,10H,1H2,2H3/b6-4+,7-5+. The smallest absolute Gasteiger partial charge is 0.0297 e. The van der Waals surface area contributed by atoms with Crippen LogP contribution in [-0.4, -0.2) is 7.05 Å². The molecule has 0 saturated heterocycles. The van der Waals surface area contributed by atoms with Crippen molar-refractivity contribution in [2.45, 2.75) is 0 Å². The molecule has 0 atom stereocenters. The Bertz CT molecular complexity index is 170. The molecule has 0 unspecified atom stereocenters. The van der Waals surface area contributed by atoms with E-state index in [1.807, 2.05) is 25.4 Å². The van der Waals surface area contributed by atoms with E-state index in [4.69, 9.17) is 0 Å². The summed E-state index contributed by atoms with van der Waals surface area (Å²) >= 11 is 4.48. The lowest BCUT2D eigenvalue weighted by atomic mass is 10.5. The van der Waals surface area contributed by atoms with E-state index in [1.54, 1.807) is 0 Å². The Balaban J connectivity index is 4.11. The van der Waals surface area contributed by atoms with Crippen molar-refractivity contribution in [3.05, 3.63) is 32.1 Å². The summed E-state index contributed by atoms with van der Waals surface area (Å²) in [5, 5.41) is 2.95. The van der Waals surface area contributed by atoms with Crippen LogP contribution in [0.2, 0.25) is 0 Å². The summed E-state index contributed by atoms with van der Waals surface area (Å²) in [5.74, 6) is 0. The van der Waals surface area contributed by atoms with Gasteiger partial charge in [0, 0.05) is 20.4 Å². The van der Waals surface area contributed by atoms with Crippen molar-refractivity contribution in [2.24, 2.45) is 0 Å². The Hall–Kier alpha value is 0.480. The molecule has 0 radical (unpaired) electrons. The second-order valence-corrected chi connectivity index (χ2v) is 4.04. The SMILES string of the molecule is C=C/C(I)=C\C(I)=C/NC. The maximum atomic E-state index is 3.65. The Kier molecular flexibility index (Phi) is 6.50. The van der Waals surface area contributed by atoms with Gasteiger partial charge in [-0.25, -0.2) is 0 Å². The zero-order valence-electron chi connectivity index (χ0n) is 5.70. The monoisotopic (exact) mass is 361 g/mol. The highest BCUT2D eigenvalue weighted by Gasteiger charge is 1.84. The predicted molar refractivity (Wildman–Crippen MR) is 63.5 cm³/mol. The third-order valence-corrected chi connectivity index (χ3v) is 2.13. The molecule has 0 aromatic heterocycles. The summed E-state index contributed by atoms with van der Waals surface area (Å²) in [6.07, 6.45) is 5.80. The van der Waals surface area contributed by atoms with E-state index in [-0.39, 0.29) is 0 Å². The van der Waals surface area contributed by atoms with E-state index in [9.17, 15) is 0 Å². The number of hydrogen-bond donors (Lipinski definition) is 1. The molecule has 0 aliphatic carbocycles. The summed E-state index contributed by atoms with van der Waals surface area (Å²) in [6, 6.07) is 0. The van der Waals surface area contributed by atoms with Gasteiger partial charge in [0.15, 0.2) is 0 Å². The van der Waals surface area contributed by atoms with Gasteiger partial charge in [-0.2, -0.15) is 0 Å². The van der Waals surface area contributed by atoms with Crippen molar-refractivity contribution in [1.29, 1.82) is 0 Å². The van der Waals surface area contributed by atoms with Crippen LogP contribution in [0.4, 0.5) is 0 Å². The summed E-state index contributed by atoms with van der Waals surface area (Å²) in [7, 11) is 1.88. The van der Waals surface area contributed by atoms with Gasteiger partial charge < -0.3 is 5.32 Å². The molecule has 56 valence electrons. The van der Waals surface area contributed by atoms with Crippen molar-refractivity contribution >= 4 is 45.2 Å². The number of halogens is 2. The highest BCUT2D eigenvalue weighted by molar-refractivity contribution is 14.1. The number of nitrogens with one attached hydrogen (secondary N) is 1. The lowest BCUT2D eigenvalue weighted by Gasteiger charge is -1.90. The molecule has 0 aliphatic rings. The van der Waals surface area contributed by atoms with Crippen LogP contribution >= 0.6 is 45.2 Å². The van der Waals surface area contributed by atoms with Crippen LogP contribution < -0.4 is 5.32 Å². The lowest BCUT2D eigenvalue weighted by molar-refractivity contribution is 1.10. The number of rotatable bonds is 3. The van der Waals surface area contributed by atoms with Crippen molar-refractivity contribution in [3.8, 4) is 0 Å². The molecule has 3 heteroatoms. The quantitative estimate of drug-likeness (QED) is 0.602. The minimum atomic E-state index is 1.15. The van der Waals surface area contributed by atoms with Crippen LogP contribution in [0, 0.1) is 0 Å². The van der Waals surface area contributed by atoms with Gasteiger partial charge >= 0.3 is 0 Å². The van der Waals surface area contributed by atoms with E-state index in [1.165, 1.54) is 3.58 Å². The van der Waals surface area contributed by atoms with E-state index in [2.05, 4.69) is 57.1 Å². The summed E-state index contributed by atoms with van der Waals surface area (Å²) in [6.45, 7) is 3.65. The molecule has 0 aromatic carbocycles. The fraction of sp³-hybridized carbons (Fsp3) is 0.143. The Labute approximate surface area is 88.9 Å². The number of hydrogen-bond acceptors (Lipinski definition) is 1. The largest absolute Gasteiger partial charge is 0.393 e. The molecule has 1 N–H and O–H groups in total. The Morgan fingerprint density at radius 1 is 1.40 bits per heavy atom. The van der Waals surface area contributed by atoms with Crippen LogP contribution in [0.5, 0.6) is 0 Å². The zero-order chi connectivity index (χ0) is 7.98. The maximum absolute atomic E-state index is 3.65. The average Bonchev–Trinajstić information content (AvgIpc) is 1.88. The third-order valence-electron chi connectivity index (χ3n) is 0.753. The van der Waals surface area contributed by atoms with Gasteiger partial charge in [0.1, 0.15) is 0 Å². The van der Waals surface area contributed by atoms with Gasteiger partial charge in [0.25, 0.3) is 0 Å². The lowest BCUT2D eigenvalue weighted by Crippen LogP contribution is -1.91. The predicted octanol–water partition coefficient (Wildman–Crippen LogP) is 2.99. The second kappa shape index (κ2) is 6.21. The molecular weight excluding hydrogens is 352 g/mol. The highest BCUT2D eigenvalue weighted by Crippen LogP contribution is 2.14. The fourth-order valence-electron chi connectivity index (χ4n) is 0.370. The maximum Gasteiger partial charge on any atom is 0.0297 e. The van der Waals surface area contributed by atoms with E-state index >= 15 is 0 Å². The Morgan fingerprint density at radius 2 is 2.00 bits per heavy atom. The van der Waals surface area contributed by atoms with E-state index < -0.39 is 0 Å². The van der Waals surface area contributed by atoms with Crippen LogP contribution in [0.15, 0.2) is 32.1 Å².